The first-order chi connectivity index (χ1) is 7.13. The summed E-state index contributed by atoms with van der Waals surface area (Å²) in [6.45, 7) is 13.5. The number of hydrogen-bond donors (Lipinski definition) is 1. The maximum Gasteiger partial charge on any atom is 0.192 e. The zero-order valence-electron chi connectivity index (χ0n) is 11.4. The van der Waals surface area contributed by atoms with E-state index in [9.17, 15) is 5.11 Å². The number of aliphatic hydroxyl groups excluding tert-OH is 1. The SMILES string of the molecule is C[C@H]1C[C@@H](O)C=C[C@@H]1O[Si](C)(C)C(C)(C)C. The smallest absolute Gasteiger partial charge is 0.192 e. The fourth-order valence-electron chi connectivity index (χ4n) is 1.69. The molecular formula is C13H26O2Si. The summed E-state index contributed by atoms with van der Waals surface area (Å²) in [5, 5.41) is 9.77. The van der Waals surface area contributed by atoms with Crippen molar-refractivity contribution < 1.29 is 9.53 Å². The predicted octanol–water partition coefficient (Wildman–Crippen LogP) is 3.33. The van der Waals surface area contributed by atoms with E-state index in [0.717, 1.165) is 6.42 Å². The second-order valence-corrected chi connectivity index (χ2v) is 11.3. The molecule has 0 saturated heterocycles. The Labute approximate surface area is 101 Å². The van der Waals surface area contributed by atoms with Gasteiger partial charge < -0.3 is 9.53 Å². The molecule has 0 aromatic rings. The molecule has 0 saturated carbocycles. The fourth-order valence-corrected chi connectivity index (χ4v) is 3.04. The van der Waals surface area contributed by atoms with E-state index in [1.807, 2.05) is 12.2 Å². The van der Waals surface area contributed by atoms with E-state index in [-0.39, 0.29) is 17.2 Å². The molecule has 0 spiro atoms. The van der Waals surface area contributed by atoms with E-state index in [4.69, 9.17) is 4.43 Å². The first-order valence-corrected chi connectivity index (χ1v) is 9.08. The molecule has 0 unspecified atom stereocenters. The van der Waals surface area contributed by atoms with E-state index in [1.54, 1.807) is 0 Å². The topological polar surface area (TPSA) is 29.5 Å². The zero-order chi connectivity index (χ0) is 12.6. The molecule has 16 heavy (non-hydrogen) atoms. The minimum Gasteiger partial charge on any atom is -0.410 e. The Bertz CT molecular complexity index is 266. The van der Waals surface area contributed by atoms with Crippen LogP contribution in [0, 0.1) is 5.92 Å². The molecule has 1 rings (SSSR count). The third-order valence-electron chi connectivity index (χ3n) is 3.93. The van der Waals surface area contributed by atoms with E-state index >= 15 is 0 Å². The highest BCUT2D eigenvalue weighted by molar-refractivity contribution is 6.74. The van der Waals surface area contributed by atoms with Crippen LogP contribution in [0.4, 0.5) is 0 Å². The molecule has 0 radical (unpaired) electrons. The van der Waals surface area contributed by atoms with E-state index < -0.39 is 8.32 Å². The van der Waals surface area contributed by atoms with Crippen LogP contribution < -0.4 is 0 Å². The first-order valence-electron chi connectivity index (χ1n) is 6.18. The van der Waals surface area contributed by atoms with Crippen molar-refractivity contribution in [2.24, 2.45) is 5.92 Å². The van der Waals surface area contributed by atoms with Gasteiger partial charge in [0.15, 0.2) is 8.32 Å². The Hall–Kier alpha value is -0.123. The molecule has 0 aromatic carbocycles. The summed E-state index contributed by atoms with van der Waals surface area (Å²) in [6.07, 6.45) is 4.63. The van der Waals surface area contributed by atoms with Gasteiger partial charge in [0.1, 0.15) is 0 Å². The molecule has 3 heteroatoms. The molecule has 3 atom stereocenters. The van der Waals surface area contributed by atoms with Gasteiger partial charge in [-0.2, -0.15) is 0 Å². The van der Waals surface area contributed by atoms with Crippen molar-refractivity contribution in [3.05, 3.63) is 12.2 Å². The van der Waals surface area contributed by atoms with Crippen LogP contribution in [0.25, 0.3) is 0 Å². The summed E-state index contributed by atoms with van der Waals surface area (Å²) in [5.74, 6) is 0.411. The molecule has 0 heterocycles. The average molecular weight is 242 g/mol. The minimum atomic E-state index is -1.69. The fraction of sp³-hybridized carbons (Fsp3) is 0.846. The van der Waals surface area contributed by atoms with Crippen molar-refractivity contribution in [3.63, 3.8) is 0 Å². The van der Waals surface area contributed by atoms with Gasteiger partial charge in [0, 0.05) is 0 Å². The van der Waals surface area contributed by atoms with Crippen LogP contribution in [0.1, 0.15) is 34.1 Å². The van der Waals surface area contributed by atoms with Crippen molar-refractivity contribution in [2.45, 2.75) is 64.5 Å². The number of rotatable bonds is 2. The van der Waals surface area contributed by atoms with Crippen LogP contribution in [0.15, 0.2) is 12.2 Å². The van der Waals surface area contributed by atoms with Crippen LogP contribution >= 0.6 is 0 Å². The summed E-state index contributed by atoms with van der Waals surface area (Å²) in [4.78, 5) is 0. The van der Waals surface area contributed by atoms with Gasteiger partial charge in [-0.1, -0.05) is 39.8 Å². The van der Waals surface area contributed by atoms with Gasteiger partial charge in [-0.15, -0.1) is 0 Å². The largest absolute Gasteiger partial charge is 0.410 e. The maximum atomic E-state index is 9.52. The highest BCUT2D eigenvalue weighted by atomic mass is 28.4. The quantitative estimate of drug-likeness (QED) is 0.594. The molecule has 94 valence electrons. The van der Waals surface area contributed by atoms with Crippen LogP contribution in [-0.4, -0.2) is 25.6 Å². The first kappa shape index (κ1) is 13.9. The molecule has 0 aromatic heterocycles. The van der Waals surface area contributed by atoms with Gasteiger partial charge in [0.25, 0.3) is 0 Å². The monoisotopic (exact) mass is 242 g/mol. The third kappa shape index (κ3) is 3.19. The Kier molecular flexibility index (Phi) is 4.03. The summed E-state index contributed by atoms with van der Waals surface area (Å²) >= 11 is 0. The van der Waals surface area contributed by atoms with Crippen LogP contribution in [-0.2, 0) is 4.43 Å². The molecule has 0 bridgehead atoms. The molecular weight excluding hydrogens is 216 g/mol. The molecule has 1 aliphatic rings. The second-order valence-electron chi connectivity index (χ2n) is 6.51. The van der Waals surface area contributed by atoms with E-state index in [1.165, 1.54) is 0 Å². The Balaban J connectivity index is 2.71. The zero-order valence-corrected chi connectivity index (χ0v) is 12.4. The Morgan fingerprint density at radius 3 is 2.25 bits per heavy atom. The van der Waals surface area contributed by atoms with Crippen LogP contribution in [0.5, 0.6) is 0 Å². The molecule has 2 nitrogen and oxygen atoms in total. The molecule has 1 aliphatic carbocycles. The third-order valence-corrected chi connectivity index (χ3v) is 8.41. The predicted molar refractivity (Wildman–Crippen MR) is 71.0 cm³/mol. The highest BCUT2D eigenvalue weighted by Gasteiger charge is 2.40. The Morgan fingerprint density at radius 2 is 1.81 bits per heavy atom. The lowest BCUT2D eigenvalue weighted by atomic mass is 9.92. The number of aliphatic hydroxyl groups is 1. The lowest BCUT2D eigenvalue weighted by Crippen LogP contribution is -2.46. The summed E-state index contributed by atoms with van der Waals surface area (Å²) in [6, 6.07) is 0. The van der Waals surface area contributed by atoms with Crippen molar-refractivity contribution in [1.82, 2.24) is 0 Å². The normalized spacial score (nSPS) is 31.8. The van der Waals surface area contributed by atoms with Gasteiger partial charge in [-0.25, -0.2) is 0 Å². The van der Waals surface area contributed by atoms with Gasteiger partial charge in [0.2, 0.25) is 0 Å². The lowest BCUT2D eigenvalue weighted by molar-refractivity contribution is 0.105. The second kappa shape index (κ2) is 4.63. The van der Waals surface area contributed by atoms with Crippen molar-refractivity contribution in [3.8, 4) is 0 Å². The van der Waals surface area contributed by atoms with Gasteiger partial charge in [-0.05, 0) is 30.5 Å². The van der Waals surface area contributed by atoms with Gasteiger partial charge in [-0.3, -0.25) is 0 Å². The van der Waals surface area contributed by atoms with E-state index in [0.29, 0.717) is 5.92 Å². The molecule has 1 N–H and O–H groups in total. The van der Waals surface area contributed by atoms with Gasteiger partial charge in [0.05, 0.1) is 12.2 Å². The summed E-state index contributed by atoms with van der Waals surface area (Å²) < 4.78 is 6.34. The highest BCUT2D eigenvalue weighted by Crippen LogP contribution is 2.39. The summed E-state index contributed by atoms with van der Waals surface area (Å²) in [7, 11) is -1.69. The van der Waals surface area contributed by atoms with Crippen LogP contribution in [0.2, 0.25) is 18.1 Å². The standard InChI is InChI=1S/C13H26O2Si/c1-10-9-11(14)7-8-12(10)15-16(5,6)13(2,3)4/h7-8,10-12,14H,9H2,1-6H3/t10-,11-,12-/m0/s1. The summed E-state index contributed by atoms with van der Waals surface area (Å²) in [5.41, 5.74) is 0. The average Bonchev–Trinajstić information content (AvgIpc) is 2.08. The number of hydrogen-bond acceptors (Lipinski definition) is 2. The van der Waals surface area contributed by atoms with Crippen LogP contribution in [0.3, 0.4) is 0 Å². The Morgan fingerprint density at radius 1 is 1.25 bits per heavy atom. The van der Waals surface area contributed by atoms with Crippen molar-refractivity contribution in [2.75, 3.05) is 0 Å². The molecule has 0 amide bonds. The molecule has 0 fully saturated rings. The van der Waals surface area contributed by atoms with Crippen molar-refractivity contribution >= 4 is 8.32 Å². The van der Waals surface area contributed by atoms with Gasteiger partial charge >= 0.3 is 0 Å². The lowest BCUT2D eigenvalue weighted by Gasteiger charge is -2.41. The minimum absolute atomic E-state index is 0.185. The maximum absolute atomic E-state index is 9.52. The van der Waals surface area contributed by atoms with E-state index in [2.05, 4.69) is 40.8 Å². The molecule has 0 aliphatic heterocycles. The van der Waals surface area contributed by atoms with Crippen molar-refractivity contribution in [1.29, 1.82) is 0 Å².